The molecule has 0 heterocycles. The van der Waals surface area contributed by atoms with Crippen molar-refractivity contribution < 1.29 is 12.8 Å². The van der Waals surface area contributed by atoms with Gasteiger partial charge in [0.25, 0.3) is 0 Å². The van der Waals surface area contributed by atoms with Gasteiger partial charge in [-0.2, -0.15) is 0 Å². The van der Waals surface area contributed by atoms with Crippen molar-refractivity contribution in [1.82, 2.24) is 4.72 Å². The summed E-state index contributed by atoms with van der Waals surface area (Å²) in [5.41, 5.74) is 5.95. The minimum atomic E-state index is -3.69. The highest BCUT2D eigenvalue weighted by Crippen LogP contribution is 2.24. The number of nitrogens with one attached hydrogen (secondary N) is 1. The molecule has 112 valence electrons. The third-order valence-corrected chi connectivity index (χ3v) is 5.33. The molecule has 1 saturated carbocycles. The largest absolute Gasteiger partial charge is 0.326 e. The molecular weight excluding hydrogens is 279 g/mol. The number of halogens is 1. The Hall–Kier alpha value is -0.980. The summed E-state index contributed by atoms with van der Waals surface area (Å²) in [6.45, 7) is 0.489. The van der Waals surface area contributed by atoms with Crippen LogP contribution in [0.1, 0.15) is 37.7 Å². The maximum Gasteiger partial charge on any atom is 0.241 e. The van der Waals surface area contributed by atoms with E-state index in [2.05, 4.69) is 4.72 Å². The molecule has 1 fully saturated rings. The van der Waals surface area contributed by atoms with E-state index in [0.29, 0.717) is 18.0 Å². The molecule has 0 radical (unpaired) electrons. The van der Waals surface area contributed by atoms with Gasteiger partial charge in [-0.3, -0.25) is 0 Å². The lowest BCUT2D eigenvalue weighted by atomic mass is 9.90. The second-order valence-electron chi connectivity index (χ2n) is 5.31. The van der Waals surface area contributed by atoms with Crippen LogP contribution in [-0.4, -0.2) is 15.0 Å². The van der Waals surface area contributed by atoms with E-state index in [9.17, 15) is 12.8 Å². The van der Waals surface area contributed by atoms with E-state index in [1.165, 1.54) is 18.6 Å². The fraction of sp³-hybridized carbons (Fsp3) is 0.571. The summed E-state index contributed by atoms with van der Waals surface area (Å²) >= 11 is 0. The lowest BCUT2D eigenvalue weighted by Crippen LogP contribution is -2.31. The molecule has 0 amide bonds. The van der Waals surface area contributed by atoms with E-state index in [-0.39, 0.29) is 11.4 Å². The summed E-state index contributed by atoms with van der Waals surface area (Å²) in [6, 6.07) is 3.68. The highest BCUT2D eigenvalue weighted by molar-refractivity contribution is 7.89. The van der Waals surface area contributed by atoms with Crippen molar-refractivity contribution in [3.05, 3.63) is 29.6 Å². The normalized spacial score (nSPS) is 17.3. The molecule has 0 aromatic heterocycles. The van der Waals surface area contributed by atoms with Gasteiger partial charge in [0.15, 0.2) is 0 Å². The van der Waals surface area contributed by atoms with Gasteiger partial charge in [0, 0.05) is 13.1 Å². The average molecular weight is 300 g/mol. The Morgan fingerprint density at radius 1 is 1.25 bits per heavy atom. The number of nitrogens with two attached hydrogens (primary N) is 1. The van der Waals surface area contributed by atoms with E-state index >= 15 is 0 Å². The number of hydrogen-bond acceptors (Lipinski definition) is 3. The fourth-order valence-corrected chi connectivity index (χ4v) is 4.02. The first-order chi connectivity index (χ1) is 9.53. The van der Waals surface area contributed by atoms with Gasteiger partial charge in [0.2, 0.25) is 10.0 Å². The predicted molar refractivity (Wildman–Crippen MR) is 76.1 cm³/mol. The predicted octanol–water partition coefficient (Wildman–Crippen LogP) is 2.14. The number of rotatable bonds is 5. The minimum absolute atomic E-state index is 0.0455. The molecule has 0 saturated heterocycles. The van der Waals surface area contributed by atoms with Crippen molar-refractivity contribution in [2.75, 3.05) is 6.54 Å². The molecule has 2 rings (SSSR count). The zero-order valence-electron chi connectivity index (χ0n) is 11.4. The van der Waals surface area contributed by atoms with Crippen molar-refractivity contribution in [2.24, 2.45) is 11.7 Å². The van der Waals surface area contributed by atoms with Crippen molar-refractivity contribution in [1.29, 1.82) is 0 Å². The lowest BCUT2D eigenvalue weighted by molar-refractivity contribution is 0.357. The van der Waals surface area contributed by atoms with E-state index in [1.54, 1.807) is 0 Å². The molecule has 3 N–H and O–H groups in total. The first kappa shape index (κ1) is 15.4. The van der Waals surface area contributed by atoms with Crippen molar-refractivity contribution in [3.63, 3.8) is 0 Å². The molecule has 1 aromatic rings. The van der Waals surface area contributed by atoms with Crippen molar-refractivity contribution >= 4 is 10.0 Å². The highest BCUT2D eigenvalue weighted by atomic mass is 32.2. The number of hydrogen-bond donors (Lipinski definition) is 2. The van der Waals surface area contributed by atoms with Crippen LogP contribution >= 0.6 is 0 Å². The fourth-order valence-electron chi connectivity index (χ4n) is 2.64. The van der Waals surface area contributed by atoms with Crippen molar-refractivity contribution in [3.8, 4) is 0 Å². The summed E-state index contributed by atoms with van der Waals surface area (Å²) in [4.78, 5) is -0.0455. The third-order valence-electron chi connectivity index (χ3n) is 3.83. The Balaban J connectivity index is 2.11. The van der Waals surface area contributed by atoms with Crippen LogP contribution in [0, 0.1) is 11.7 Å². The van der Waals surface area contributed by atoms with Gasteiger partial charge in [0.1, 0.15) is 5.82 Å². The quantitative estimate of drug-likeness (QED) is 0.875. The van der Waals surface area contributed by atoms with E-state index in [1.807, 2.05) is 0 Å². The standard InChI is InChI=1S/C14H21FN2O2S/c15-13-7-6-12(9-16)14(8-13)20(18,19)17-10-11-4-2-1-3-5-11/h6-8,11,17H,1-5,9-10,16H2. The van der Waals surface area contributed by atoms with Crippen LogP contribution < -0.4 is 10.5 Å². The Morgan fingerprint density at radius 2 is 1.95 bits per heavy atom. The Morgan fingerprint density at radius 3 is 2.60 bits per heavy atom. The topological polar surface area (TPSA) is 72.2 Å². The van der Waals surface area contributed by atoms with Gasteiger partial charge in [-0.15, -0.1) is 0 Å². The van der Waals surface area contributed by atoms with Gasteiger partial charge >= 0.3 is 0 Å². The Kier molecular flexibility index (Phi) is 5.12. The molecule has 1 aliphatic rings. The monoisotopic (exact) mass is 300 g/mol. The van der Waals surface area contributed by atoms with Crippen LogP contribution in [0.25, 0.3) is 0 Å². The average Bonchev–Trinajstić information content (AvgIpc) is 2.46. The van der Waals surface area contributed by atoms with Gasteiger partial charge in [-0.05, 0) is 36.5 Å². The van der Waals surface area contributed by atoms with Gasteiger partial charge in [0.05, 0.1) is 4.90 Å². The van der Waals surface area contributed by atoms with Crippen molar-refractivity contribution in [2.45, 2.75) is 43.5 Å². The summed E-state index contributed by atoms with van der Waals surface area (Å²) in [7, 11) is -3.69. The Labute approximate surface area is 119 Å². The number of benzene rings is 1. The molecule has 0 aliphatic heterocycles. The zero-order chi connectivity index (χ0) is 14.6. The molecule has 6 heteroatoms. The van der Waals surface area contributed by atoms with Crippen LogP contribution in [0.2, 0.25) is 0 Å². The molecule has 4 nitrogen and oxygen atoms in total. The SMILES string of the molecule is NCc1ccc(F)cc1S(=O)(=O)NCC1CCCCC1. The van der Waals surface area contributed by atoms with Gasteiger partial charge < -0.3 is 5.73 Å². The summed E-state index contributed by atoms with van der Waals surface area (Å²) < 4.78 is 40.4. The molecule has 0 spiro atoms. The second-order valence-corrected chi connectivity index (χ2v) is 7.05. The zero-order valence-corrected chi connectivity index (χ0v) is 12.3. The van der Waals surface area contributed by atoms with E-state index < -0.39 is 15.8 Å². The highest BCUT2D eigenvalue weighted by Gasteiger charge is 2.21. The Bertz CT molecular complexity index is 554. The molecule has 0 bridgehead atoms. The van der Waals surface area contributed by atoms with Crippen LogP contribution in [0.4, 0.5) is 4.39 Å². The summed E-state index contributed by atoms with van der Waals surface area (Å²) in [5.74, 6) is -0.186. The van der Waals surface area contributed by atoms with Crippen LogP contribution in [0.15, 0.2) is 23.1 Å². The van der Waals surface area contributed by atoms with Crippen LogP contribution in [0.5, 0.6) is 0 Å². The first-order valence-electron chi connectivity index (χ1n) is 7.01. The molecular formula is C14H21FN2O2S. The molecule has 0 atom stereocenters. The third kappa shape index (κ3) is 3.77. The maximum atomic E-state index is 13.3. The molecule has 1 aromatic carbocycles. The second kappa shape index (κ2) is 6.65. The summed E-state index contributed by atoms with van der Waals surface area (Å²) in [5, 5.41) is 0. The molecule has 1 aliphatic carbocycles. The maximum absolute atomic E-state index is 13.3. The lowest BCUT2D eigenvalue weighted by Gasteiger charge is -2.22. The van der Waals surface area contributed by atoms with Crippen LogP contribution in [-0.2, 0) is 16.6 Å². The van der Waals surface area contributed by atoms with Crippen LogP contribution in [0.3, 0.4) is 0 Å². The van der Waals surface area contributed by atoms with E-state index in [4.69, 9.17) is 5.73 Å². The first-order valence-corrected chi connectivity index (χ1v) is 8.49. The molecule has 20 heavy (non-hydrogen) atoms. The smallest absolute Gasteiger partial charge is 0.241 e. The van der Waals surface area contributed by atoms with Gasteiger partial charge in [-0.25, -0.2) is 17.5 Å². The summed E-state index contributed by atoms with van der Waals surface area (Å²) in [6.07, 6.45) is 5.64. The van der Waals surface area contributed by atoms with E-state index in [0.717, 1.165) is 31.7 Å². The minimum Gasteiger partial charge on any atom is -0.326 e. The van der Waals surface area contributed by atoms with Gasteiger partial charge in [-0.1, -0.05) is 25.3 Å². The molecule has 0 unspecified atom stereocenters. The number of sulfonamides is 1.